The van der Waals surface area contributed by atoms with E-state index in [1.54, 1.807) is 0 Å². The molecule has 0 unspecified atom stereocenters. The van der Waals surface area contributed by atoms with E-state index in [2.05, 4.69) is 6.92 Å². The fourth-order valence-corrected chi connectivity index (χ4v) is 1.43. The van der Waals surface area contributed by atoms with Crippen LogP contribution in [0.5, 0.6) is 0 Å². The van der Waals surface area contributed by atoms with Crippen molar-refractivity contribution >= 4 is 0 Å². The smallest absolute Gasteiger partial charge is 0.0466 e. The molecule has 0 heterocycles. The van der Waals surface area contributed by atoms with E-state index in [0.29, 0.717) is 0 Å². The zero-order chi connectivity index (χ0) is 11.2. The molecule has 0 saturated heterocycles. The van der Waals surface area contributed by atoms with Gasteiger partial charge in [-0.05, 0) is 26.2 Å². The molecule has 0 atom stereocenters. The molecule has 92 valence electrons. The van der Waals surface area contributed by atoms with Crippen LogP contribution in [0.2, 0.25) is 0 Å². The number of unbranched alkanes of at least 4 members (excludes halogenated alkanes) is 5. The Morgan fingerprint density at radius 1 is 0.600 bits per heavy atom. The minimum absolute atomic E-state index is 0.852. The molecular formula is C13H28O2. The molecule has 0 radical (unpaired) electrons. The average molecular weight is 216 g/mol. The third-order valence-electron chi connectivity index (χ3n) is 2.42. The van der Waals surface area contributed by atoms with Crippen molar-refractivity contribution in [2.45, 2.75) is 58.8 Å². The van der Waals surface area contributed by atoms with Crippen LogP contribution < -0.4 is 0 Å². The van der Waals surface area contributed by atoms with Crippen molar-refractivity contribution in [1.82, 2.24) is 0 Å². The third-order valence-corrected chi connectivity index (χ3v) is 2.42. The first kappa shape index (κ1) is 14.9. The van der Waals surface area contributed by atoms with Gasteiger partial charge < -0.3 is 9.47 Å². The molecule has 0 fully saturated rings. The van der Waals surface area contributed by atoms with E-state index in [4.69, 9.17) is 9.47 Å². The monoisotopic (exact) mass is 216 g/mol. The Labute approximate surface area is 95.3 Å². The third kappa shape index (κ3) is 13.9. The molecule has 0 aliphatic heterocycles. The normalized spacial score (nSPS) is 10.8. The fraction of sp³-hybridized carbons (Fsp3) is 1.00. The molecule has 0 bridgehead atoms. The van der Waals surface area contributed by atoms with Gasteiger partial charge in [0, 0.05) is 26.4 Å². The lowest BCUT2D eigenvalue weighted by molar-refractivity contribution is 0.126. The van der Waals surface area contributed by atoms with Crippen molar-refractivity contribution in [2.75, 3.05) is 26.4 Å². The Hall–Kier alpha value is -0.0800. The minimum Gasteiger partial charge on any atom is -0.382 e. The molecule has 0 aliphatic rings. The quantitative estimate of drug-likeness (QED) is 0.462. The average Bonchev–Trinajstić information content (AvgIpc) is 2.26. The molecule has 0 aromatic carbocycles. The van der Waals surface area contributed by atoms with E-state index in [0.717, 1.165) is 26.4 Å². The maximum Gasteiger partial charge on any atom is 0.0466 e. The lowest BCUT2D eigenvalue weighted by Gasteiger charge is -2.03. The van der Waals surface area contributed by atoms with Crippen molar-refractivity contribution in [3.8, 4) is 0 Å². The van der Waals surface area contributed by atoms with Gasteiger partial charge in [-0.1, -0.05) is 32.6 Å². The zero-order valence-electron chi connectivity index (χ0n) is 10.6. The van der Waals surface area contributed by atoms with Crippen molar-refractivity contribution in [2.24, 2.45) is 0 Å². The maximum absolute atomic E-state index is 5.49. The van der Waals surface area contributed by atoms with Crippen LogP contribution in [0, 0.1) is 0 Å². The highest BCUT2D eigenvalue weighted by molar-refractivity contribution is 4.44. The van der Waals surface area contributed by atoms with Gasteiger partial charge in [-0.3, -0.25) is 0 Å². The van der Waals surface area contributed by atoms with Crippen LogP contribution in [-0.2, 0) is 9.47 Å². The summed E-state index contributed by atoms with van der Waals surface area (Å²) in [5.74, 6) is 0. The summed E-state index contributed by atoms with van der Waals surface area (Å²) in [7, 11) is 0. The predicted octanol–water partition coefficient (Wildman–Crippen LogP) is 3.79. The molecule has 0 saturated carbocycles. The first-order valence-electron chi connectivity index (χ1n) is 6.57. The van der Waals surface area contributed by atoms with E-state index < -0.39 is 0 Å². The molecule has 0 N–H and O–H groups in total. The van der Waals surface area contributed by atoms with E-state index in [-0.39, 0.29) is 0 Å². The summed E-state index contributed by atoms with van der Waals surface area (Å²) in [5, 5.41) is 0. The largest absolute Gasteiger partial charge is 0.382 e. The minimum atomic E-state index is 0.852. The molecule has 2 nitrogen and oxygen atoms in total. The standard InChI is InChI=1S/C13H28O2/c1-3-5-11-15-13-10-8-6-7-9-12-14-4-2/h3-13H2,1-2H3. The van der Waals surface area contributed by atoms with Crippen LogP contribution in [0.25, 0.3) is 0 Å². The number of hydrogen-bond acceptors (Lipinski definition) is 2. The first-order chi connectivity index (χ1) is 7.41. The van der Waals surface area contributed by atoms with Crippen molar-refractivity contribution in [1.29, 1.82) is 0 Å². The second-order valence-corrected chi connectivity index (χ2v) is 3.93. The summed E-state index contributed by atoms with van der Waals surface area (Å²) >= 11 is 0. The molecule has 0 rings (SSSR count). The van der Waals surface area contributed by atoms with Gasteiger partial charge in [-0.2, -0.15) is 0 Å². The number of ether oxygens (including phenoxy) is 2. The highest BCUT2D eigenvalue weighted by Gasteiger charge is 1.91. The highest BCUT2D eigenvalue weighted by atomic mass is 16.5. The molecule has 15 heavy (non-hydrogen) atoms. The van der Waals surface area contributed by atoms with Crippen molar-refractivity contribution < 1.29 is 9.47 Å². The summed E-state index contributed by atoms with van der Waals surface area (Å²) in [4.78, 5) is 0. The number of hydrogen-bond donors (Lipinski definition) is 0. The van der Waals surface area contributed by atoms with Crippen LogP contribution in [0.4, 0.5) is 0 Å². The topological polar surface area (TPSA) is 18.5 Å². The Morgan fingerprint density at radius 3 is 1.73 bits per heavy atom. The van der Waals surface area contributed by atoms with Crippen LogP contribution in [0.15, 0.2) is 0 Å². The van der Waals surface area contributed by atoms with Crippen LogP contribution in [0.3, 0.4) is 0 Å². The van der Waals surface area contributed by atoms with Gasteiger partial charge in [-0.15, -0.1) is 0 Å². The second-order valence-electron chi connectivity index (χ2n) is 3.93. The van der Waals surface area contributed by atoms with Crippen molar-refractivity contribution in [3.63, 3.8) is 0 Å². The maximum atomic E-state index is 5.49. The van der Waals surface area contributed by atoms with Gasteiger partial charge in [0.1, 0.15) is 0 Å². The first-order valence-corrected chi connectivity index (χ1v) is 6.57. The SMILES string of the molecule is CCCCOCCCCCCCOCC. The molecular weight excluding hydrogens is 188 g/mol. The Kier molecular flexibility index (Phi) is 13.8. The summed E-state index contributed by atoms with van der Waals surface area (Å²) in [6.45, 7) is 7.93. The molecule has 0 aromatic heterocycles. The Bertz CT molecular complexity index is 92.7. The summed E-state index contributed by atoms with van der Waals surface area (Å²) in [6, 6.07) is 0. The molecule has 2 heteroatoms. The van der Waals surface area contributed by atoms with Crippen LogP contribution in [-0.4, -0.2) is 26.4 Å². The second kappa shape index (κ2) is 13.9. The molecule has 0 aliphatic carbocycles. The van der Waals surface area contributed by atoms with Gasteiger partial charge >= 0.3 is 0 Å². The lowest BCUT2D eigenvalue weighted by Crippen LogP contribution is -1.97. The molecule has 0 spiro atoms. The summed E-state index contributed by atoms with van der Waals surface area (Å²) < 4.78 is 10.8. The molecule has 0 aromatic rings. The van der Waals surface area contributed by atoms with Gasteiger partial charge in [0.05, 0.1) is 0 Å². The van der Waals surface area contributed by atoms with Crippen LogP contribution in [0.1, 0.15) is 58.8 Å². The van der Waals surface area contributed by atoms with Crippen molar-refractivity contribution in [3.05, 3.63) is 0 Å². The molecule has 0 amide bonds. The van der Waals surface area contributed by atoms with Crippen LogP contribution >= 0.6 is 0 Å². The van der Waals surface area contributed by atoms with Gasteiger partial charge in [-0.25, -0.2) is 0 Å². The summed E-state index contributed by atoms with van der Waals surface area (Å²) in [6.07, 6.45) is 8.80. The van der Waals surface area contributed by atoms with Gasteiger partial charge in [0.2, 0.25) is 0 Å². The highest BCUT2D eigenvalue weighted by Crippen LogP contribution is 2.03. The van der Waals surface area contributed by atoms with Gasteiger partial charge in [0.25, 0.3) is 0 Å². The van der Waals surface area contributed by atoms with E-state index in [9.17, 15) is 0 Å². The predicted molar refractivity (Wildman–Crippen MR) is 65.3 cm³/mol. The van der Waals surface area contributed by atoms with E-state index in [1.807, 2.05) is 6.92 Å². The van der Waals surface area contributed by atoms with Gasteiger partial charge in [0.15, 0.2) is 0 Å². The lowest BCUT2D eigenvalue weighted by atomic mass is 10.1. The number of rotatable bonds is 12. The summed E-state index contributed by atoms with van der Waals surface area (Å²) in [5.41, 5.74) is 0. The van der Waals surface area contributed by atoms with E-state index >= 15 is 0 Å². The fourth-order valence-electron chi connectivity index (χ4n) is 1.43. The zero-order valence-corrected chi connectivity index (χ0v) is 10.6. The Morgan fingerprint density at radius 2 is 1.13 bits per heavy atom. The van der Waals surface area contributed by atoms with E-state index in [1.165, 1.54) is 44.9 Å². The Balaban J connectivity index is 2.81.